The summed E-state index contributed by atoms with van der Waals surface area (Å²) in [6.45, 7) is 3.67. The summed E-state index contributed by atoms with van der Waals surface area (Å²) in [5.74, 6) is -3.15. The van der Waals surface area contributed by atoms with Crippen LogP contribution in [-0.2, 0) is 9.59 Å². The second-order valence-electron chi connectivity index (χ2n) is 3.45. The maximum absolute atomic E-state index is 12.8. The molecule has 6 heteroatoms. The Hall–Kier alpha value is -2.24. The number of nitrogens with one attached hydrogen (secondary N) is 2. The van der Waals surface area contributed by atoms with Gasteiger partial charge in [-0.2, -0.15) is 0 Å². The Morgan fingerprint density at radius 3 is 2.56 bits per heavy atom. The SMILES string of the molecule is C=CCNC(=O)CC(=O)Nc1ccc(F)c(F)c1. The van der Waals surface area contributed by atoms with Crippen molar-refractivity contribution in [2.24, 2.45) is 0 Å². The van der Waals surface area contributed by atoms with Crippen molar-refractivity contribution in [2.75, 3.05) is 11.9 Å². The molecule has 0 aliphatic rings. The molecule has 0 heterocycles. The minimum absolute atomic E-state index is 0.0930. The monoisotopic (exact) mass is 254 g/mol. The molecule has 0 atom stereocenters. The van der Waals surface area contributed by atoms with Gasteiger partial charge in [-0.05, 0) is 12.1 Å². The fraction of sp³-hybridized carbons (Fsp3) is 0.167. The number of anilines is 1. The van der Waals surface area contributed by atoms with E-state index in [4.69, 9.17) is 0 Å². The van der Waals surface area contributed by atoms with Crippen LogP contribution >= 0.6 is 0 Å². The zero-order valence-electron chi connectivity index (χ0n) is 9.50. The van der Waals surface area contributed by atoms with Crippen molar-refractivity contribution >= 4 is 17.5 Å². The second-order valence-corrected chi connectivity index (χ2v) is 3.45. The highest BCUT2D eigenvalue weighted by Gasteiger charge is 2.10. The molecule has 0 saturated heterocycles. The number of hydrogen-bond donors (Lipinski definition) is 2. The van der Waals surface area contributed by atoms with Crippen molar-refractivity contribution in [1.29, 1.82) is 0 Å². The molecule has 96 valence electrons. The first-order valence-electron chi connectivity index (χ1n) is 5.15. The van der Waals surface area contributed by atoms with Gasteiger partial charge in [-0.1, -0.05) is 6.08 Å². The van der Waals surface area contributed by atoms with Crippen molar-refractivity contribution in [3.05, 3.63) is 42.5 Å². The number of benzene rings is 1. The van der Waals surface area contributed by atoms with Crippen LogP contribution in [-0.4, -0.2) is 18.4 Å². The van der Waals surface area contributed by atoms with Gasteiger partial charge in [-0.25, -0.2) is 8.78 Å². The molecule has 0 radical (unpaired) electrons. The summed E-state index contributed by atoms with van der Waals surface area (Å²) >= 11 is 0. The van der Waals surface area contributed by atoms with E-state index in [0.717, 1.165) is 12.1 Å². The van der Waals surface area contributed by atoms with E-state index in [1.807, 2.05) is 0 Å². The lowest BCUT2D eigenvalue weighted by Gasteiger charge is -2.05. The molecule has 0 aliphatic heterocycles. The fourth-order valence-electron chi connectivity index (χ4n) is 1.17. The van der Waals surface area contributed by atoms with Crippen molar-refractivity contribution in [2.45, 2.75) is 6.42 Å². The molecule has 0 unspecified atom stereocenters. The van der Waals surface area contributed by atoms with Crippen LogP contribution < -0.4 is 10.6 Å². The van der Waals surface area contributed by atoms with E-state index >= 15 is 0 Å². The lowest BCUT2D eigenvalue weighted by molar-refractivity contribution is -0.126. The van der Waals surface area contributed by atoms with Crippen LogP contribution in [0.25, 0.3) is 0 Å². The molecular weight excluding hydrogens is 242 g/mol. The molecule has 1 rings (SSSR count). The average Bonchev–Trinajstić information content (AvgIpc) is 2.31. The third-order valence-corrected chi connectivity index (χ3v) is 1.97. The molecule has 1 aromatic carbocycles. The van der Waals surface area contributed by atoms with Gasteiger partial charge in [0.05, 0.1) is 0 Å². The van der Waals surface area contributed by atoms with E-state index in [2.05, 4.69) is 17.2 Å². The first kappa shape index (κ1) is 13.8. The molecule has 0 aromatic heterocycles. The summed E-state index contributed by atoms with van der Waals surface area (Å²) in [5.41, 5.74) is 0.0930. The smallest absolute Gasteiger partial charge is 0.233 e. The average molecular weight is 254 g/mol. The van der Waals surface area contributed by atoms with Crippen LogP contribution in [0.15, 0.2) is 30.9 Å². The summed E-state index contributed by atoms with van der Waals surface area (Å²) in [4.78, 5) is 22.5. The summed E-state index contributed by atoms with van der Waals surface area (Å²) in [7, 11) is 0. The van der Waals surface area contributed by atoms with Gasteiger partial charge >= 0.3 is 0 Å². The molecule has 18 heavy (non-hydrogen) atoms. The number of rotatable bonds is 5. The normalized spacial score (nSPS) is 9.67. The zero-order chi connectivity index (χ0) is 13.5. The summed E-state index contributed by atoms with van der Waals surface area (Å²) in [5, 5.41) is 4.70. The van der Waals surface area contributed by atoms with Gasteiger partial charge in [0.1, 0.15) is 6.42 Å². The highest BCUT2D eigenvalue weighted by atomic mass is 19.2. The molecule has 0 saturated carbocycles. The number of halogens is 2. The Morgan fingerprint density at radius 1 is 1.22 bits per heavy atom. The quantitative estimate of drug-likeness (QED) is 0.619. The fourth-order valence-corrected chi connectivity index (χ4v) is 1.17. The standard InChI is InChI=1S/C12H12F2N2O2/c1-2-5-15-11(17)7-12(18)16-8-3-4-9(13)10(14)6-8/h2-4,6H,1,5,7H2,(H,15,17)(H,16,18). The Bertz CT molecular complexity index is 475. The van der Waals surface area contributed by atoms with Crippen LogP contribution in [0.2, 0.25) is 0 Å². The van der Waals surface area contributed by atoms with Crippen molar-refractivity contribution in [3.63, 3.8) is 0 Å². The van der Waals surface area contributed by atoms with Crippen LogP contribution in [0.5, 0.6) is 0 Å². The highest BCUT2D eigenvalue weighted by molar-refractivity contribution is 6.03. The van der Waals surface area contributed by atoms with Gasteiger partial charge < -0.3 is 10.6 Å². The van der Waals surface area contributed by atoms with Gasteiger partial charge in [0.2, 0.25) is 11.8 Å². The molecule has 2 N–H and O–H groups in total. The van der Waals surface area contributed by atoms with Gasteiger partial charge in [-0.15, -0.1) is 6.58 Å². The van der Waals surface area contributed by atoms with E-state index in [-0.39, 0.29) is 12.2 Å². The van der Waals surface area contributed by atoms with Crippen LogP contribution in [0.4, 0.5) is 14.5 Å². The number of hydrogen-bond acceptors (Lipinski definition) is 2. The Morgan fingerprint density at radius 2 is 1.94 bits per heavy atom. The van der Waals surface area contributed by atoms with Gasteiger partial charge in [0.25, 0.3) is 0 Å². The number of carbonyl (C=O) groups excluding carboxylic acids is 2. The van der Waals surface area contributed by atoms with Gasteiger partial charge in [0, 0.05) is 18.3 Å². The molecule has 2 amide bonds. The number of carbonyl (C=O) groups is 2. The Labute approximate surface area is 103 Å². The van der Waals surface area contributed by atoms with Crippen LogP contribution in [0.3, 0.4) is 0 Å². The first-order valence-corrected chi connectivity index (χ1v) is 5.15. The largest absolute Gasteiger partial charge is 0.352 e. The maximum Gasteiger partial charge on any atom is 0.233 e. The van der Waals surface area contributed by atoms with Gasteiger partial charge in [-0.3, -0.25) is 9.59 Å². The van der Waals surface area contributed by atoms with E-state index in [9.17, 15) is 18.4 Å². The lowest BCUT2D eigenvalue weighted by Crippen LogP contribution is -2.28. The predicted octanol–water partition coefficient (Wildman–Crippen LogP) is 1.60. The summed E-state index contributed by atoms with van der Waals surface area (Å²) < 4.78 is 25.5. The third-order valence-electron chi connectivity index (χ3n) is 1.97. The third kappa shape index (κ3) is 4.32. The van der Waals surface area contributed by atoms with Gasteiger partial charge in [0.15, 0.2) is 11.6 Å². The molecule has 1 aromatic rings. The van der Waals surface area contributed by atoms with Crippen LogP contribution in [0, 0.1) is 11.6 Å². The molecule has 0 aliphatic carbocycles. The molecule has 0 bridgehead atoms. The minimum atomic E-state index is -1.07. The summed E-state index contributed by atoms with van der Waals surface area (Å²) in [6.07, 6.45) is 1.08. The maximum atomic E-state index is 12.8. The van der Waals surface area contributed by atoms with Crippen molar-refractivity contribution < 1.29 is 18.4 Å². The molecule has 0 spiro atoms. The Balaban J connectivity index is 2.51. The van der Waals surface area contributed by atoms with E-state index in [1.54, 1.807) is 0 Å². The molecular formula is C12H12F2N2O2. The minimum Gasteiger partial charge on any atom is -0.352 e. The van der Waals surface area contributed by atoms with Crippen molar-refractivity contribution in [3.8, 4) is 0 Å². The molecule has 4 nitrogen and oxygen atoms in total. The van der Waals surface area contributed by atoms with E-state index < -0.39 is 29.9 Å². The van der Waals surface area contributed by atoms with Crippen molar-refractivity contribution in [1.82, 2.24) is 5.32 Å². The number of amides is 2. The van der Waals surface area contributed by atoms with Crippen LogP contribution in [0.1, 0.15) is 6.42 Å². The van der Waals surface area contributed by atoms with E-state index in [1.165, 1.54) is 12.1 Å². The van der Waals surface area contributed by atoms with E-state index in [0.29, 0.717) is 0 Å². The zero-order valence-corrected chi connectivity index (χ0v) is 9.50. The second kappa shape index (κ2) is 6.48. The molecule has 0 fully saturated rings. The predicted molar refractivity (Wildman–Crippen MR) is 62.8 cm³/mol. The Kier molecular flexibility index (Phi) is 4.98. The summed E-state index contributed by atoms with van der Waals surface area (Å²) in [6, 6.07) is 2.94. The topological polar surface area (TPSA) is 58.2 Å². The first-order chi connectivity index (χ1) is 8.52. The highest BCUT2D eigenvalue weighted by Crippen LogP contribution is 2.13. The lowest BCUT2D eigenvalue weighted by atomic mass is 10.3.